The number of nitrogens with one attached hydrogen (secondary N) is 1. The van der Waals surface area contributed by atoms with Gasteiger partial charge in [-0.1, -0.05) is 0 Å². The third-order valence-electron chi connectivity index (χ3n) is 2.17. The molecule has 0 fully saturated rings. The van der Waals surface area contributed by atoms with Gasteiger partial charge in [-0.25, -0.2) is 0 Å². The van der Waals surface area contributed by atoms with Gasteiger partial charge in [0, 0.05) is 11.8 Å². The highest BCUT2D eigenvalue weighted by Crippen LogP contribution is 2.40. The molecule has 0 aliphatic carbocycles. The number of aromatic amines is 1. The van der Waals surface area contributed by atoms with E-state index >= 15 is 0 Å². The molecule has 15 heavy (non-hydrogen) atoms. The molecule has 0 saturated heterocycles. The molecule has 2 aromatic rings. The van der Waals surface area contributed by atoms with Crippen molar-refractivity contribution < 1.29 is 0 Å². The van der Waals surface area contributed by atoms with E-state index in [0.29, 0.717) is 0 Å². The number of rotatable bonds is 2. The summed E-state index contributed by atoms with van der Waals surface area (Å²) in [5, 5.41) is 15.9. The number of H-pyrrole nitrogens is 1. The molecule has 0 bridgehead atoms. The predicted octanol–water partition coefficient (Wildman–Crippen LogP) is 3.04. The summed E-state index contributed by atoms with van der Waals surface area (Å²) in [4.78, 5) is 0.781. The maximum atomic E-state index is 8.97. The van der Waals surface area contributed by atoms with Crippen LogP contribution in [0.25, 0.3) is 11.3 Å². The Morgan fingerprint density at radius 3 is 2.93 bits per heavy atom. The minimum atomic E-state index is 0.781. The lowest BCUT2D eigenvalue weighted by atomic mass is 10.1. The Morgan fingerprint density at radius 1 is 1.60 bits per heavy atom. The molecule has 0 atom stereocenters. The van der Waals surface area contributed by atoms with Crippen molar-refractivity contribution in [1.29, 1.82) is 5.26 Å². The van der Waals surface area contributed by atoms with Crippen LogP contribution in [0.3, 0.4) is 0 Å². The van der Waals surface area contributed by atoms with Gasteiger partial charge in [-0.05, 0) is 24.8 Å². The van der Waals surface area contributed by atoms with Gasteiger partial charge < -0.3 is 0 Å². The zero-order valence-corrected chi connectivity index (χ0v) is 10.00. The van der Waals surface area contributed by atoms with Gasteiger partial charge in [0.2, 0.25) is 0 Å². The van der Waals surface area contributed by atoms with Crippen LogP contribution in [0.2, 0.25) is 0 Å². The Hall–Kier alpha value is -1.25. The van der Waals surface area contributed by atoms with E-state index in [1.54, 1.807) is 18.0 Å². The standard InChI is InChI=1S/C10H9N3S2/c1-6-8(5-11)15-10(14-2)9(6)7-3-4-12-13-7/h3-4H,1-2H3,(H,12,13). The fourth-order valence-electron chi connectivity index (χ4n) is 1.44. The van der Waals surface area contributed by atoms with E-state index in [1.165, 1.54) is 11.3 Å². The van der Waals surface area contributed by atoms with E-state index in [4.69, 9.17) is 5.26 Å². The van der Waals surface area contributed by atoms with Crippen molar-refractivity contribution >= 4 is 23.1 Å². The van der Waals surface area contributed by atoms with E-state index in [-0.39, 0.29) is 0 Å². The highest BCUT2D eigenvalue weighted by Gasteiger charge is 2.16. The minimum absolute atomic E-state index is 0.781. The van der Waals surface area contributed by atoms with Gasteiger partial charge in [0.25, 0.3) is 0 Å². The number of nitrogens with zero attached hydrogens (tertiary/aromatic N) is 2. The zero-order chi connectivity index (χ0) is 10.8. The summed E-state index contributed by atoms with van der Waals surface area (Å²) in [7, 11) is 0. The quantitative estimate of drug-likeness (QED) is 0.814. The van der Waals surface area contributed by atoms with Crippen LogP contribution in [0.4, 0.5) is 0 Å². The summed E-state index contributed by atoms with van der Waals surface area (Å²) in [6, 6.07) is 4.15. The normalized spacial score (nSPS) is 10.2. The molecule has 2 rings (SSSR count). The lowest BCUT2D eigenvalue weighted by Gasteiger charge is -1.98. The van der Waals surface area contributed by atoms with Crippen molar-refractivity contribution in [2.24, 2.45) is 0 Å². The lowest BCUT2D eigenvalue weighted by molar-refractivity contribution is 1.09. The van der Waals surface area contributed by atoms with Gasteiger partial charge >= 0.3 is 0 Å². The summed E-state index contributed by atoms with van der Waals surface area (Å²) in [6.07, 6.45) is 3.74. The Morgan fingerprint density at radius 2 is 2.40 bits per heavy atom. The topological polar surface area (TPSA) is 52.5 Å². The van der Waals surface area contributed by atoms with E-state index in [1.807, 2.05) is 19.2 Å². The smallest absolute Gasteiger partial charge is 0.110 e. The van der Waals surface area contributed by atoms with Crippen LogP contribution in [0.5, 0.6) is 0 Å². The first-order chi connectivity index (χ1) is 7.27. The highest BCUT2D eigenvalue weighted by molar-refractivity contribution is 8.00. The Bertz CT molecular complexity index is 506. The Kier molecular flexibility index (Phi) is 2.80. The van der Waals surface area contributed by atoms with Crippen molar-refractivity contribution in [3.05, 3.63) is 22.7 Å². The summed E-state index contributed by atoms with van der Waals surface area (Å²) < 4.78 is 1.16. The van der Waals surface area contributed by atoms with Crippen molar-refractivity contribution in [2.75, 3.05) is 6.26 Å². The summed E-state index contributed by atoms with van der Waals surface area (Å²) in [6.45, 7) is 1.98. The van der Waals surface area contributed by atoms with Crippen LogP contribution >= 0.6 is 23.1 Å². The molecule has 0 aromatic carbocycles. The summed E-state index contributed by atoms with van der Waals surface area (Å²) >= 11 is 3.20. The van der Waals surface area contributed by atoms with Crippen LogP contribution in [-0.4, -0.2) is 16.5 Å². The van der Waals surface area contributed by atoms with E-state index in [0.717, 1.165) is 25.9 Å². The Balaban J connectivity index is 2.65. The van der Waals surface area contributed by atoms with Crippen molar-refractivity contribution in [3.63, 3.8) is 0 Å². The van der Waals surface area contributed by atoms with Crippen LogP contribution in [-0.2, 0) is 0 Å². The number of hydrogen-bond donors (Lipinski definition) is 1. The molecule has 5 heteroatoms. The molecule has 2 aromatic heterocycles. The van der Waals surface area contributed by atoms with E-state index in [9.17, 15) is 0 Å². The van der Waals surface area contributed by atoms with Gasteiger partial charge in [-0.15, -0.1) is 23.1 Å². The summed E-state index contributed by atoms with van der Waals surface area (Å²) in [5.74, 6) is 0. The van der Waals surface area contributed by atoms with Gasteiger partial charge in [0.15, 0.2) is 0 Å². The second-order valence-electron chi connectivity index (χ2n) is 3.00. The molecule has 0 saturated carbocycles. The van der Waals surface area contributed by atoms with Crippen LogP contribution in [0.15, 0.2) is 16.5 Å². The van der Waals surface area contributed by atoms with E-state index < -0.39 is 0 Å². The fraction of sp³-hybridized carbons (Fsp3) is 0.200. The van der Waals surface area contributed by atoms with Gasteiger partial charge in [0.05, 0.1) is 9.90 Å². The third kappa shape index (κ3) is 1.66. The average molecular weight is 235 g/mol. The predicted molar refractivity (Wildman–Crippen MR) is 63.1 cm³/mol. The van der Waals surface area contributed by atoms with Crippen LogP contribution < -0.4 is 0 Å². The van der Waals surface area contributed by atoms with Crippen LogP contribution in [0.1, 0.15) is 10.4 Å². The molecule has 0 spiro atoms. The number of aromatic nitrogens is 2. The highest BCUT2D eigenvalue weighted by atomic mass is 32.2. The van der Waals surface area contributed by atoms with Gasteiger partial charge in [0.1, 0.15) is 10.9 Å². The van der Waals surface area contributed by atoms with Crippen molar-refractivity contribution in [3.8, 4) is 17.3 Å². The first-order valence-electron chi connectivity index (χ1n) is 4.35. The first-order valence-corrected chi connectivity index (χ1v) is 6.39. The summed E-state index contributed by atoms with van der Waals surface area (Å²) in [5.41, 5.74) is 3.13. The zero-order valence-electron chi connectivity index (χ0n) is 8.37. The number of thioether (sulfide) groups is 1. The Labute approximate surface area is 96.1 Å². The molecular formula is C10H9N3S2. The molecule has 0 amide bonds. The molecule has 0 radical (unpaired) electrons. The lowest BCUT2D eigenvalue weighted by Crippen LogP contribution is -1.81. The second kappa shape index (κ2) is 4.09. The van der Waals surface area contributed by atoms with E-state index in [2.05, 4.69) is 16.3 Å². The average Bonchev–Trinajstić information content (AvgIpc) is 2.84. The van der Waals surface area contributed by atoms with Crippen molar-refractivity contribution in [1.82, 2.24) is 10.2 Å². The number of thiophene rings is 1. The minimum Gasteiger partial charge on any atom is -0.278 e. The molecule has 0 aliphatic rings. The maximum absolute atomic E-state index is 8.97. The largest absolute Gasteiger partial charge is 0.278 e. The first kappa shape index (κ1) is 10.3. The fourth-order valence-corrected chi connectivity index (χ4v) is 3.35. The molecular weight excluding hydrogens is 226 g/mol. The number of hydrogen-bond acceptors (Lipinski definition) is 4. The molecule has 1 N–H and O–H groups in total. The molecule has 3 nitrogen and oxygen atoms in total. The van der Waals surface area contributed by atoms with Crippen molar-refractivity contribution in [2.45, 2.75) is 11.1 Å². The van der Waals surface area contributed by atoms with Crippen LogP contribution in [0, 0.1) is 18.3 Å². The van der Waals surface area contributed by atoms with Gasteiger partial charge in [-0.2, -0.15) is 10.4 Å². The molecule has 2 heterocycles. The monoisotopic (exact) mass is 235 g/mol. The molecule has 0 aliphatic heterocycles. The third-order valence-corrected chi connectivity index (χ3v) is 4.49. The van der Waals surface area contributed by atoms with Gasteiger partial charge in [-0.3, -0.25) is 5.10 Å². The second-order valence-corrected chi connectivity index (χ2v) is 5.10. The molecule has 0 unspecified atom stereocenters. The maximum Gasteiger partial charge on any atom is 0.110 e. The molecule has 76 valence electrons. The number of nitriles is 1. The SMILES string of the molecule is CSc1sc(C#N)c(C)c1-c1ccn[nH]1.